The maximum Gasteiger partial charge on any atom is 0.243 e. The van der Waals surface area contributed by atoms with Crippen LogP contribution >= 0.6 is 0 Å². The molecule has 2 heterocycles. The Bertz CT molecular complexity index is 2560. The number of nitrogens with two attached hydrogens (primary N) is 6. The van der Waals surface area contributed by atoms with Crippen LogP contribution in [0.1, 0.15) is 102 Å². The van der Waals surface area contributed by atoms with Gasteiger partial charge in [-0.25, -0.2) is 0 Å². The number of amides is 7. The first kappa shape index (κ1) is 59.4. The van der Waals surface area contributed by atoms with Crippen molar-refractivity contribution in [1.82, 2.24) is 31.6 Å². The Kier molecular flexibility index (Phi) is 23.8. The molecule has 1 aliphatic heterocycles. The van der Waals surface area contributed by atoms with Crippen LogP contribution in [0.5, 0.6) is 0 Å². The molecule has 2 aromatic carbocycles. The third-order valence-electron chi connectivity index (χ3n) is 12.7. The molecule has 24 heteroatoms. The fraction of sp³-hybridized carbons (Fsp3) is 0.490. The van der Waals surface area contributed by atoms with Crippen LogP contribution in [0.2, 0.25) is 0 Å². The summed E-state index contributed by atoms with van der Waals surface area (Å²) in [5.41, 5.74) is 35.5. The number of hydrogen-bond acceptors (Lipinski definition) is 12. The van der Waals surface area contributed by atoms with Gasteiger partial charge in [0.2, 0.25) is 41.4 Å². The second-order valence-corrected chi connectivity index (χ2v) is 18.8. The minimum Gasteiger partial charge on any atom is -0.370 e. The van der Waals surface area contributed by atoms with Gasteiger partial charge in [-0.15, -0.1) is 0 Å². The molecule has 0 unspecified atom stereocenters. The van der Waals surface area contributed by atoms with Crippen molar-refractivity contribution < 1.29 is 47.9 Å². The maximum absolute atomic E-state index is 14.7. The van der Waals surface area contributed by atoms with Gasteiger partial charge in [0.05, 0.1) is 12.5 Å². The van der Waals surface area contributed by atoms with Gasteiger partial charge in [0.1, 0.15) is 35.7 Å². The molecule has 4 rings (SSSR count). The summed E-state index contributed by atoms with van der Waals surface area (Å²) in [6.45, 7) is 1.41. The van der Waals surface area contributed by atoms with Crippen LogP contribution in [0.25, 0.3) is 10.9 Å². The zero-order valence-corrected chi connectivity index (χ0v) is 42.3. The number of nitrogens with zero attached hydrogens (tertiary/aromatic N) is 2. The zero-order chi connectivity index (χ0) is 55.0. The van der Waals surface area contributed by atoms with Gasteiger partial charge in [0.25, 0.3) is 0 Å². The fourth-order valence-corrected chi connectivity index (χ4v) is 8.83. The van der Waals surface area contributed by atoms with Crippen molar-refractivity contribution in [1.29, 1.82) is 0 Å². The van der Waals surface area contributed by atoms with E-state index in [1.54, 1.807) is 36.5 Å². The lowest BCUT2D eigenvalue weighted by Gasteiger charge is -2.27. The topological polar surface area (TPSA) is 427 Å². The van der Waals surface area contributed by atoms with Gasteiger partial charge in [-0.1, -0.05) is 55.0 Å². The Morgan fingerprint density at radius 2 is 1.35 bits per heavy atom. The molecule has 75 heavy (non-hydrogen) atoms. The third kappa shape index (κ3) is 20.7. The first-order valence-electron chi connectivity index (χ1n) is 25.0. The Hall–Kier alpha value is -8.18. The number of ketones is 3. The number of carbonyl (C=O) groups excluding carboxylic acids is 10. The number of primary amides is 2. The van der Waals surface area contributed by atoms with Crippen LogP contribution < -0.4 is 61.0 Å². The normalized spacial score (nSPS) is 21.3. The third-order valence-corrected chi connectivity index (χ3v) is 12.7. The molecule has 0 saturated carbocycles. The molecule has 0 aliphatic carbocycles. The second kappa shape index (κ2) is 30.1. The van der Waals surface area contributed by atoms with E-state index in [1.807, 2.05) is 24.3 Å². The maximum atomic E-state index is 14.7. The van der Waals surface area contributed by atoms with Gasteiger partial charge in [0.15, 0.2) is 17.7 Å². The molecule has 24 nitrogen and oxygen atoms in total. The van der Waals surface area contributed by atoms with Crippen molar-refractivity contribution >= 4 is 81.5 Å². The van der Waals surface area contributed by atoms with E-state index in [-0.39, 0.29) is 108 Å². The Labute approximate surface area is 434 Å². The molecule has 406 valence electrons. The van der Waals surface area contributed by atoms with Gasteiger partial charge in [0, 0.05) is 74.6 Å². The van der Waals surface area contributed by atoms with E-state index in [0.717, 1.165) is 10.9 Å². The van der Waals surface area contributed by atoms with Crippen molar-refractivity contribution in [3.63, 3.8) is 0 Å². The first-order chi connectivity index (χ1) is 35.7. The number of aliphatic imine (C=N–C) groups is 2. The molecule has 7 atom stereocenters. The predicted molar refractivity (Wildman–Crippen MR) is 279 cm³/mol. The van der Waals surface area contributed by atoms with Gasteiger partial charge in [-0.2, -0.15) is 0 Å². The van der Waals surface area contributed by atoms with Crippen LogP contribution in [-0.2, 0) is 60.8 Å². The number of hydrogen-bond donors (Lipinski definition) is 12. The number of fused-ring (bicyclic) bond motifs is 1. The van der Waals surface area contributed by atoms with Crippen molar-refractivity contribution in [3.05, 3.63) is 71.9 Å². The van der Waals surface area contributed by atoms with Crippen LogP contribution in [-0.4, -0.2) is 119 Å². The summed E-state index contributed by atoms with van der Waals surface area (Å²) in [5.74, 6) is -9.82. The smallest absolute Gasteiger partial charge is 0.243 e. The summed E-state index contributed by atoms with van der Waals surface area (Å²) >= 11 is 0. The summed E-state index contributed by atoms with van der Waals surface area (Å²) in [7, 11) is 0. The van der Waals surface area contributed by atoms with Crippen LogP contribution in [0, 0.1) is 11.8 Å². The molecular weight excluding hydrogens is 969 g/mol. The molecule has 1 aromatic heterocycles. The molecule has 1 aliphatic rings. The van der Waals surface area contributed by atoms with Gasteiger partial charge < -0.3 is 66.0 Å². The number of para-hydroxylation sites is 1. The molecule has 3 aromatic rings. The van der Waals surface area contributed by atoms with Gasteiger partial charge in [-0.05, 0) is 75.0 Å². The van der Waals surface area contributed by atoms with Crippen molar-refractivity contribution in [2.75, 3.05) is 13.1 Å². The average molecular weight is 1040 g/mol. The molecule has 0 radical (unpaired) electrons. The number of aromatic amines is 1. The van der Waals surface area contributed by atoms with E-state index in [1.165, 1.54) is 6.92 Å². The summed E-state index contributed by atoms with van der Waals surface area (Å²) in [6, 6.07) is 9.05. The lowest BCUT2D eigenvalue weighted by molar-refractivity contribution is -0.136. The number of guanidine groups is 2. The van der Waals surface area contributed by atoms with Crippen molar-refractivity contribution in [3.8, 4) is 0 Å². The minimum absolute atomic E-state index is 0.0229. The van der Waals surface area contributed by atoms with Crippen LogP contribution in [0.15, 0.2) is 70.8 Å². The number of Topliss-reactive ketones (excluding diaryl/α,β-unsaturated/α-hetero) is 3. The highest BCUT2D eigenvalue weighted by Gasteiger charge is 2.35. The highest BCUT2D eigenvalue weighted by atomic mass is 16.2. The molecule has 18 N–H and O–H groups in total. The standard InChI is InChI=1S/C51H72N14O10/c1-29(66)61-38(18-10-22-59-51(56)57)47(73)63-39-17-7-5-14-34(67)19-20-37(45(53)71)62-46(72)32(24-33-28-60-36-16-8-6-15-35(33)36)26-42(68)31(13-9-21-58-50(54)55)25-43(69)40(23-30-11-3-2-4-12-30)64-49(75)41(27-44(52)70)65-48(39)74/h2-4,6,8,11-12,15-16,28,31-32,37-41,60H,5,7,9-10,13-14,17-27H2,1H3,(H2,52,70)(H2,53,71)(H,61,66)(H,62,72)(H,63,73)(H,64,75)(H,65,74)(H4,54,55,58)(H4,56,57,59)/t31-,32-,37+,38+,39+,40-,41+/m1/s1. The number of benzene rings is 2. The van der Waals surface area contributed by atoms with E-state index in [2.05, 4.69) is 41.6 Å². The SMILES string of the molecule is CC(=O)N[C@@H](CCCN=C(N)N)C(=O)N[C@H]1CCCCC(=O)CC[C@@H](C(N)=O)NC(=O)[C@H](Cc2c[nH]c3ccccc23)CC(=O)[C@H](CCCN=C(N)N)CC(=O)[C@@H](Cc2ccccc2)NC(=O)[C@H](CC(N)=O)NC1=O. The summed E-state index contributed by atoms with van der Waals surface area (Å²) in [4.78, 5) is 148. The van der Waals surface area contributed by atoms with Crippen LogP contribution in [0.4, 0.5) is 0 Å². The molecular formula is C51H72N14O10. The molecule has 1 saturated heterocycles. The van der Waals surface area contributed by atoms with Crippen LogP contribution in [0.3, 0.4) is 0 Å². The summed E-state index contributed by atoms with van der Waals surface area (Å²) in [6.07, 6.45) is 0.444. The van der Waals surface area contributed by atoms with Crippen molar-refractivity contribution in [2.24, 2.45) is 56.2 Å². The molecule has 0 spiro atoms. The van der Waals surface area contributed by atoms with E-state index in [9.17, 15) is 47.9 Å². The van der Waals surface area contributed by atoms with E-state index >= 15 is 0 Å². The quantitative estimate of drug-likeness (QED) is 0.0411. The molecule has 7 amide bonds. The van der Waals surface area contributed by atoms with Gasteiger partial charge >= 0.3 is 0 Å². The Balaban J connectivity index is 1.77. The lowest BCUT2D eigenvalue weighted by Crippen LogP contribution is -2.58. The average Bonchev–Trinajstić information content (AvgIpc) is 3.76. The fourth-order valence-electron chi connectivity index (χ4n) is 8.83. The summed E-state index contributed by atoms with van der Waals surface area (Å²) < 4.78 is 0. The van der Waals surface area contributed by atoms with E-state index < -0.39 is 114 Å². The number of H-pyrrole nitrogens is 1. The van der Waals surface area contributed by atoms with E-state index in [0.29, 0.717) is 11.1 Å². The number of aromatic nitrogens is 1. The van der Waals surface area contributed by atoms with Crippen molar-refractivity contribution in [2.45, 2.75) is 133 Å². The largest absolute Gasteiger partial charge is 0.370 e. The highest BCUT2D eigenvalue weighted by Crippen LogP contribution is 2.26. The lowest BCUT2D eigenvalue weighted by atomic mass is 9.83. The Morgan fingerprint density at radius 1 is 0.693 bits per heavy atom. The molecule has 1 fully saturated rings. The zero-order valence-electron chi connectivity index (χ0n) is 42.3. The number of carbonyl (C=O) groups is 10. The Morgan fingerprint density at radius 3 is 2.01 bits per heavy atom. The first-order valence-corrected chi connectivity index (χ1v) is 25.0. The minimum atomic E-state index is -1.69. The van der Waals surface area contributed by atoms with E-state index in [4.69, 9.17) is 34.4 Å². The highest BCUT2D eigenvalue weighted by molar-refractivity contribution is 5.99. The van der Waals surface area contributed by atoms with Gasteiger partial charge in [-0.3, -0.25) is 57.9 Å². The predicted octanol–water partition coefficient (Wildman–Crippen LogP) is -1.06. The number of nitrogens with one attached hydrogen (secondary N) is 6. The monoisotopic (exact) mass is 1040 g/mol. The summed E-state index contributed by atoms with van der Waals surface area (Å²) in [5, 5.41) is 13.8. The number of rotatable bonds is 18. The molecule has 0 bridgehead atoms. The second-order valence-electron chi connectivity index (χ2n) is 18.8.